The molecule has 0 saturated carbocycles. The van der Waals surface area contributed by atoms with Crippen molar-refractivity contribution < 1.29 is 14.3 Å². The van der Waals surface area contributed by atoms with Gasteiger partial charge in [0, 0.05) is 6.61 Å². The van der Waals surface area contributed by atoms with Crippen molar-refractivity contribution in [3.8, 4) is 0 Å². The molecule has 0 unspecified atom stereocenters. The first kappa shape index (κ1) is 18.4. The van der Waals surface area contributed by atoms with Crippen LogP contribution in [0.3, 0.4) is 0 Å². The summed E-state index contributed by atoms with van der Waals surface area (Å²) in [6.07, 6.45) is 12.9. The van der Waals surface area contributed by atoms with Crippen LogP contribution in [0.15, 0.2) is 0 Å². The van der Waals surface area contributed by atoms with Crippen LogP contribution in [0.25, 0.3) is 0 Å². The SMILES string of the molecule is CCCCCCCCCCCCOC(=O)COCC. The second-order valence-corrected chi connectivity index (χ2v) is 5.04. The molecule has 0 bridgehead atoms. The molecule has 0 spiro atoms. The molecule has 114 valence electrons. The van der Waals surface area contributed by atoms with E-state index in [2.05, 4.69) is 6.92 Å². The maximum absolute atomic E-state index is 11.1. The van der Waals surface area contributed by atoms with Crippen molar-refractivity contribution >= 4 is 5.97 Å². The Labute approximate surface area is 119 Å². The number of unbranched alkanes of at least 4 members (excludes halogenated alkanes) is 9. The van der Waals surface area contributed by atoms with Crippen LogP contribution in [-0.2, 0) is 14.3 Å². The lowest BCUT2D eigenvalue weighted by Gasteiger charge is -2.05. The second-order valence-electron chi connectivity index (χ2n) is 5.04. The lowest BCUT2D eigenvalue weighted by Crippen LogP contribution is -2.13. The maximum Gasteiger partial charge on any atom is 0.332 e. The van der Waals surface area contributed by atoms with Gasteiger partial charge in [-0.1, -0.05) is 64.7 Å². The quantitative estimate of drug-likeness (QED) is 0.345. The van der Waals surface area contributed by atoms with Crippen LogP contribution >= 0.6 is 0 Å². The summed E-state index contributed by atoms with van der Waals surface area (Å²) in [5.74, 6) is -0.238. The highest BCUT2D eigenvalue weighted by Crippen LogP contribution is 2.10. The molecule has 0 radical (unpaired) electrons. The van der Waals surface area contributed by atoms with E-state index in [1.807, 2.05) is 6.92 Å². The predicted molar refractivity (Wildman–Crippen MR) is 79.3 cm³/mol. The standard InChI is InChI=1S/C16H32O3/c1-3-5-6-7-8-9-10-11-12-13-14-19-16(17)15-18-4-2/h3-15H2,1-2H3. The first-order valence-electron chi connectivity index (χ1n) is 8.04. The molecule has 3 nitrogen and oxygen atoms in total. The smallest absolute Gasteiger partial charge is 0.332 e. The van der Waals surface area contributed by atoms with E-state index in [1.165, 1.54) is 51.4 Å². The van der Waals surface area contributed by atoms with Gasteiger partial charge in [-0.3, -0.25) is 0 Å². The summed E-state index contributed by atoms with van der Waals surface area (Å²) in [4.78, 5) is 11.1. The van der Waals surface area contributed by atoms with E-state index in [1.54, 1.807) is 0 Å². The van der Waals surface area contributed by atoms with Crippen LogP contribution < -0.4 is 0 Å². The highest BCUT2D eigenvalue weighted by molar-refractivity contribution is 5.70. The average Bonchev–Trinajstić information content (AvgIpc) is 2.42. The van der Waals surface area contributed by atoms with Crippen molar-refractivity contribution in [2.75, 3.05) is 19.8 Å². The molecule has 3 heteroatoms. The third-order valence-electron chi connectivity index (χ3n) is 3.18. The summed E-state index contributed by atoms with van der Waals surface area (Å²) >= 11 is 0. The van der Waals surface area contributed by atoms with Crippen molar-refractivity contribution in [2.45, 2.75) is 78.1 Å². The summed E-state index contributed by atoms with van der Waals surface area (Å²) in [5.41, 5.74) is 0. The molecule has 0 N–H and O–H groups in total. The molecule has 0 aromatic rings. The summed E-state index contributed by atoms with van der Waals surface area (Å²) in [5, 5.41) is 0. The topological polar surface area (TPSA) is 35.5 Å². The van der Waals surface area contributed by atoms with Gasteiger partial charge in [0.05, 0.1) is 6.61 Å². The van der Waals surface area contributed by atoms with Crippen LogP contribution in [-0.4, -0.2) is 25.8 Å². The molecule has 19 heavy (non-hydrogen) atoms. The Hall–Kier alpha value is -0.570. The van der Waals surface area contributed by atoms with Crippen molar-refractivity contribution in [2.24, 2.45) is 0 Å². The number of hydrogen-bond acceptors (Lipinski definition) is 3. The third kappa shape index (κ3) is 15.4. The number of carbonyl (C=O) groups excluding carboxylic acids is 1. The number of esters is 1. The molecule has 0 saturated heterocycles. The van der Waals surface area contributed by atoms with Gasteiger partial charge in [0.15, 0.2) is 0 Å². The molecular formula is C16H32O3. The minimum Gasteiger partial charge on any atom is -0.464 e. The molecule has 0 aliphatic rings. The number of rotatable bonds is 14. The van der Waals surface area contributed by atoms with E-state index in [0.717, 1.165) is 12.8 Å². The minimum atomic E-state index is -0.238. The largest absolute Gasteiger partial charge is 0.464 e. The molecule has 0 atom stereocenters. The Bertz CT molecular complexity index is 192. The maximum atomic E-state index is 11.1. The lowest BCUT2D eigenvalue weighted by molar-refractivity contribution is -0.148. The van der Waals surface area contributed by atoms with E-state index in [4.69, 9.17) is 9.47 Å². The zero-order valence-electron chi connectivity index (χ0n) is 12.9. The normalized spacial score (nSPS) is 10.6. The molecule has 0 rings (SSSR count). The van der Waals surface area contributed by atoms with Crippen LogP contribution in [0, 0.1) is 0 Å². The second kappa shape index (κ2) is 15.5. The van der Waals surface area contributed by atoms with Gasteiger partial charge >= 0.3 is 5.97 Å². The Balaban J connectivity index is 3.04. The number of ether oxygens (including phenoxy) is 2. The minimum absolute atomic E-state index is 0.0915. The van der Waals surface area contributed by atoms with Crippen molar-refractivity contribution in [1.29, 1.82) is 0 Å². The van der Waals surface area contributed by atoms with E-state index < -0.39 is 0 Å². The van der Waals surface area contributed by atoms with Gasteiger partial charge in [-0.2, -0.15) is 0 Å². The Morgan fingerprint density at radius 2 is 1.32 bits per heavy atom. The number of hydrogen-bond donors (Lipinski definition) is 0. The van der Waals surface area contributed by atoms with Gasteiger partial charge in [-0.25, -0.2) is 4.79 Å². The molecule has 0 aromatic heterocycles. The fraction of sp³-hybridized carbons (Fsp3) is 0.938. The van der Waals surface area contributed by atoms with Gasteiger partial charge in [0.25, 0.3) is 0 Å². The molecule has 0 aliphatic heterocycles. The Morgan fingerprint density at radius 3 is 1.84 bits per heavy atom. The van der Waals surface area contributed by atoms with E-state index in [0.29, 0.717) is 13.2 Å². The fourth-order valence-electron chi connectivity index (χ4n) is 2.00. The summed E-state index contributed by atoms with van der Waals surface area (Å²) in [6, 6.07) is 0. The lowest BCUT2D eigenvalue weighted by atomic mass is 10.1. The predicted octanol–water partition coefficient (Wildman–Crippen LogP) is 4.49. The van der Waals surface area contributed by atoms with E-state index in [-0.39, 0.29) is 12.6 Å². The molecular weight excluding hydrogens is 240 g/mol. The van der Waals surface area contributed by atoms with Crippen LogP contribution in [0.2, 0.25) is 0 Å². The monoisotopic (exact) mass is 272 g/mol. The zero-order valence-corrected chi connectivity index (χ0v) is 12.9. The number of carbonyl (C=O) groups is 1. The molecule has 0 aromatic carbocycles. The summed E-state index contributed by atoms with van der Waals surface area (Å²) in [7, 11) is 0. The first-order chi connectivity index (χ1) is 9.31. The Morgan fingerprint density at radius 1 is 0.789 bits per heavy atom. The van der Waals surface area contributed by atoms with Gasteiger partial charge < -0.3 is 9.47 Å². The van der Waals surface area contributed by atoms with Gasteiger partial charge in [-0.15, -0.1) is 0 Å². The van der Waals surface area contributed by atoms with Crippen molar-refractivity contribution in [3.63, 3.8) is 0 Å². The van der Waals surface area contributed by atoms with Gasteiger partial charge in [0.1, 0.15) is 6.61 Å². The van der Waals surface area contributed by atoms with Crippen LogP contribution in [0.1, 0.15) is 78.1 Å². The highest BCUT2D eigenvalue weighted by Gasteiger charge is 2.01. The van der Waals surface area contributed by atoms with Gasteiger partial charge in [-0.05, 0) is 13.3 Å². The summed E-state index contributed by atoms with van der Waals surface area (Å²) < 4.78 is 10.0. The first-order valence-corrected chi connectivity index (χ1v) is 8.04. The van der Waals surface area contributed by atoms with E-state index >= 15 is 0 Å². The fourth-order valence-corrected chi connectivity index (χ4v) is 2.00. The molecule has 0 fully saturated rings. The summed E-state index contributed by atoms with van der Waals surface area (Å²) in [6.45, 7) is 5.32. The van der Waals surface area contributed by atoms with Crippen LogP contribution in [0.4, 0.5) is 0 Å². The average molecular weight is 272 g/mol. The van der Waals surface area contributed by atoms with Crippen molar-refractivity contribution in [3.05, 3.63) is 0 Å². The van der Waals surface area contributed by atoms with Crippen molar-refractivity contribution in [1.82, 2.24) is 0 Å². The van der Waals surface area contributed by atoms with Crippen LogP contribution in [0.5, 0.6) is 0 Å². The highest BCUT2D eigenvalue weighted by atomic mass is 16.6. The molecule has 0 heterocycles. The molecule has 0 aliphatic carbocycles. The zero-order chi connectivity index (χ0) is 14.2. The Kier molecular flexibility index (Phi) is 15.0. The molecule has 0 amide bonds. The third-order valence-corrected chi connectivity index (χ3v) is 3.18. The van der Waals surface area contributed by atoms with Gasteiger partial charge in [0.2, 0.25) is 0 Å². The van der Waals surface area contributed by atoms with E-state index in [9.17, 15) is 4.79 Å².